The number of hydrogen-bond donors (Lipinski definition) is 0. The summed E-state index contributed by atoms with van der Waals surface area (Å²) in [6.45, 7) is 2.63. The van der Waals surface area contributed by atoms with Gasteiger partial charge in [0.05, 0.1) is 19.9 Å². The van der Waals surface area contributed by atoms with Crippen molar-refractivity contribution in [1.29, 1.82) is 0 Å². The van der Waals surface area contributed by atoms with E-state index in [-0.39, 0.29) is 5.91 Å². The van der Waals surface area contributed by atoms with Crippen LogP contribution >= 0.6 is 15.9 Å². The molecule has 2 aromatic rings. The molecule has 0 saturated heterocycles. The van der Waals surface area contributed by atoms with Gasteiger partial charge in [-0.25, -0.2) is 4.99 Å². The zero-order valence-electron chi connectivity index (χ0n) is 15.1. The van der Waals surface area contributed by atoms with Crippen LogP contribution in [-0.2, 0) is 11.3 Å². The van der Waals surface area contributed by atoms with Crippen LogP contribution in [0.5, 0.6) is 5.75 Å². The van der Waals surface area contributed by atoms with Gasteiger partial charge in [-0.05, 0) is 42.8 Å². The normalized spacial score (nSPS) is 19.5. The fourth-order valence-corrected chi connectivity index (χ4v) is 3.38. The van der Waals surface area contributed by atoms with Crippen LogP contribution in [0.1, 0.15) is 18.9 Å². The molecule has 0 N–H and O–H groups in total. The molecule has 26 heavy (non-hydrogen) atoms. The Balaban J connectivity index is 1.99. The van der Waals surface area contributed by atoms with Crippen LogP contribution in [0.25, 0.3) is 0 Å². The van der Waals surface area contributed by atoms with Gasteiger partial charge in [-0.1, -0.05) is 34.1 Å². The van der Waals surface area contributed by atoms with E-state index in [0.29, 0.717) is 13.0 Å². The highest BCUT2D eigenvalue weighted by Crippen LogP contribution is 2.33. The van der Waals surface area contributed by atoms with Crippen LogP contribution < -0.4 is 9.64 Å². The second kappa shape index (κ2) is 7.50. The number of halogens is 1. The second-order valence-corrected chi connectivity index (χ2v) is 7.47. The molecule has 6 heteroatoms. The first kappa shape index (κ1) is 18.5. The highest BCUT2D eigenvalue weighted by Gasteiger charge is 2.37. The average Bonchev–Trinajstić information content (AvgIpc) is 2.63. The molecule has 0 saturated carbocycles. The lowest BCUT2D eigenvalue weighted by molar-refractivity contribution is -0.128. The van der Waals surface area contributed by atoms with E-state index in [9.17, 15) is 4.79 Å². The van der Waals surface area contributed by atoms with Gasteiger partial charge in [-0.15, -0.1) is 0 Å². The van der Waals surface area contributed by atoms with E-state index in [1.165, 1.54) is 4.90 Å². The van der Waals surface area contributed by atoms with Crippen LogP contribution in [-0.4, -0.2) is 37.0 Å². The molecule has 0 aliphatic carbocycles. The van der Waals surface area contributed by atoms with Gasteiger partial charge >= 0.3 is 0 Å². The van der Waals surface area contributed by atoms with E-state index in [0.717, 1.165) is 21.5 Å². The van der Waals surface area contributed by atoms with Gasteiger partial charge in [0.25, 0.3) is 0 Å². The van der Waals surface area contributed by atoms with Crippen molar-refractivity contribution in [2.45, 2.75) is 25.6 Å². The molecule has 1 amide bonds. The van der Waals surface area contributed by atoms with Crippen molar-refractivity contribution < 1.29 is 9.53 Å². The minimum absolute atomic E-state index is 0.0530. The molecule has 2 aromatic carbocycles. The number of rotatable bonds is 5. The van der Waals surface area contributed by atoms with Gasteiger partial charge in [-0.3, -0.25) is 4.79 Å². The maximum absolute atomic E-state index is 12.3. The largest absolute Gasteiger partial charge is 0.497 e. The van der Waals surface area contributed by atoms with Gasteiger partial charge in [0.2, 0.25) is 5.91 Å². The molecule has 0 spiro atoms. The second-order valence-electron chi connectivity index (χ2n) is 6.56. The van der Waals surface area contributed by atoms with Crippen molar-refractivity contribution >= 4 is 33.9 Å². The van der Waals surface area contributed by atoms with Crippen molar-refractivity contribution in [3.05, 3.63) is 58.6 Å². The van der Waals surface area contributed by atoms with Crippen molar-refractivity contribution in [1.82, 2.24) is 4.90 Å². The average molecular weight is 416 g/mol. The van der Waals surface area contributed by atoms with Gasteiger partial charge in [0.1, 0.15) is 11.4 Å². The molecule has 0 radical (unpaired) electrons. The van der Waals surface area contributed by atoms with Crippen molar-refractivity contribution in [2.24, 2.45) is 4.99 Å². The minimum Gasteiger partial charge on any atom is -0.497 e. The molecular formula is C20H22BrN3O2. The summed E-state index contributed by atoms with van der Waals surface area (Å²) in [5.41, 5.74) is 1.48. The van der Waals surface area contributed by atoms with Crippen molar-refractivity contribution in [3.63, 3.8) is 0 Å². The highest BCUT2D eigenvalue weighted by molar-refractivity contribution is 9.10. The number of hydrogen-bond acceptors (Lipinski definition) is 4. The summed E-state index contributed by atoms with van der Waals surface area (Å²) in [5.74, 6) is 0.874. The fraction of sp³-hybridized carbons (Fsp3) is 0.300. The summed E-state index contributed by atoms with van der Waals surface area (Å²) in [4.78, 5) is 20.7. The SMILES string of the molecule is COc1ccc(CN(c2cccc(Br)c2)C2(C)CC(=O)N(C)C=N2)cc1. The van der Waals surface area contributed by atoms with E-state index >= 15 is 0 Å². The number of benzene rings is 2. The lowest BCUT2D eigenvalue weighted by Gasteiger charge is -2.42. The van der Waals surface area contributed by atoms with Crippen LogP contribution in [0, 0.1) is 0 Å². The summed E-state index contributed by atoms with van der Waals surface area (Å²) in [7, 11) is 3.39. The molecule has 1 aliphatic heterocycles. The number of ether oxygens (including phenoxy) is 1. The molecule has 3 rings (SSSR count). The standard InChI is InChI=1S/C20H22BrN3O2/c1-20(12-19(25)23(2)14-22-20)24(17-6-4-5-16(21)11-17)13-15-7-9-18(26-3)10-8-15/h4-11,14H,12-13H2,1-3H3. The number of amides is 1. The zero-order valence-corrected chi connectivity index (χ0v) is 16.7. The molecule has 0 bridgehead atoms. The Morgan fingerprint density at radius 2 is 2.00 bits per heavy atom. The van der Waals surface area contributed by atoms with Gasteiger partial charge in [0, 0.05) is 23.8 Å². The molecule has 1 aliphatic rings. The van der Waals surface area contributed by atoms with Gasteiger partial charge in [-0.2, -0.15) is 0 Å². The lowest BCUT2D eigenvalue weighted by Crippen LogP contribution is -2.51. The van der Waals surface area contributed by atoms with E-state index in [1.807, 2.05) is 55.5 Å². The molecule has 1 heterocycles. The third-order valence-corrected chi connectivity index (χ3v) is 5.08. The number of carbonyl (C=O) groups is 1. The third kappa shape index (κ3) is 3.90. The first-order valence-corrected chi connectivity index (χ1v) is 9.18. The first-order chi connectivity index (χ1) is 12.4. The number of carbonyl (C=O) groups excluding carboxylic acids is 1. The fourth-order valence-electron chi connectivity index (χ4n) is 2.99. The topological polar surface area (TPSA) is 45.1 Å². The molecule has 5 nitrogen and oxygen atoms in total. The van der Waals surface area contributed by atoms with E-state index in [2.05, 4.69) is 20.8 Å². The smallest absolute Gasteiger partial charge is 0.231 e. The van der Waals surface area contributed by atoms with Crippen LogP contribution in [0.4, 0.5) is 5.69 Å². The highest BCUT2D eigenvalue weighted by atomic mass is 79.9. The number of methoxy groups -OCH3 is 1. The predicted molar refractivity (Wildman–Crippen MR) is 108 cm³/mol. The Morgan fingerprint density at radius 1 is 1.27 bits per heavy atom. The van der Waals surface area contributed by atoms with Crippen LogP contribution in [0.2, 0.25) is 0 Å². The van der Waals surface area contributed by atoms with Crippen molar-refractivity contribution in [3.8, 4) is 5.75 Å². The molecule has 136 valence electrons. The monoisotopic (exact) mass is 415 g/mol. The maximum Gasteiger partial charge on any atom is 0.231 e. The predicted octanol–water partition coefficient (Wildman–Crippen LogP) is 4.07. The summed E-state index contributed by atoms with van der Waals surface area (Å²) >= 11 is 3.54. The summed E-state index contributed by atoms with van der Waals surface area (Å²) in [6.07, 6.45) is 1.94. The Morgan fingerprint density at radius 3 is 2.62 bits per heavy atom. The lowest BCUT2D eigenvalue weighted by atomic mass is 10.0. The van der Waals surface area contributed by atoms with Gasteiger partial charge < -0.3 is 14.5 Å². The Bertz CT molecular complexity index is 822. The number of anilines is 1. The quantitative estimate of drug-likeness (QED) is 0.738. The Hall–Kier alpha value is -2.34. The first-order valence-electron chi connectivity index (χ1n) is 8.38. The summed E-state index contributed by atoms with van der Waals surface area (Å²) < 4.78 is 6.23. The zero-order chi connectivity index (χ0) is 18.7. The summed E-state index contributed by atoms with van der Waals surface area (Å²) in [6, 6.07) is 16.0. The van der Waals surface area contributed by atoms with E-state index < -0.39 is 5.66 Å². The van der Waals surface area contributed by atoms with Gasteiger partial charge in [0.15, 0.2) is 0 Å². The third-order valence-electron chi connectivity index (χ3n) is 4.59. The Kier molecular flexibility index (Phi) is 5.32. The van der Waals surface area contributed by atoms with E-state index in [4.69, 9.17) is 9.73 Å². The molecule has 1 atom stereocenters. The molecule has 0 aromatic heterocycles. The molecule has 0 fully saturated rings. The number of nitrogens with zero attached hydrogens (tertiary/aromatic N) is 3. The maximum atomic E-state index is 12.3. The molecule has 1 unspecified atom stereocenters. The minimum atomic E-state index is -0.648. The summed E-state index contributed by atoms with van der Waals surface area (Å²) in [5, 5.41) is 0. The van der Waals surface area contributed by atoms with Crippen LogP contribution in [0.15, 0.2) is 58.0 Å². The Labute approximate surface area is 162 Å². The van der Waals surface area contributed by atoms with E-state index in [1.54, 1.807) is 20.5 Å². The molecular weight excluding hydrogens is 394 g/mol. The van der Waals surface area contributed by atoms with Crippen LogP contribution in [0.3, 0.4) is 0 Å². The number of aliphatic imine (C=N–C) groups is 1. The van der Waals surface area contributed by atoms with Crippen molar-refractivity contribution in [2.75, 3.05) is 19.1 Å².